The predicted octanol–water partition coefficient (Wildman–Crippen LogP) is 1.39. The summed E-state index contributed by atoms with van der Waals surface area (Å²) in [5.74, 6) is 0. The highest BCUT2D eigenvalue weighted by Crippen LogP contribution is 2.30. The molecule has 148 valence electrons. The molecule has 1 aliphatic rings. The van der Waals surface area contributed by atoms with Crippen molar-refractivity contribution in [1.29, 1.82) is 0 Å². The van der Waals surface area contributed by atoms with Crippen LogP contribution in [0.15, 0.2) is 0 Å². The van der Waals surface area contributed by atoms with Crippen LogP contribution >= 0.6 is 0 Å². The average Bonchev–Trinajstić information content (AvgIpc) is 2.63. The highest BCUT2D eigenvalue weighted by Gasteiger charge is 2.46. The van der Waals surface area contributed by atoms with Crippen LogP contribution in [0.3, 0.4) is 0 Å². The number of hydrogen-bond donors (Lipinski definition) is 0. The first kappa shape index (κ1) is 21.1. The topological polar surface area (TPSA) is 142 Å². The standard InChI is InChI=1S/C14H20O12/c1-19-11(15)23-7-5-9(25-13(17)21-3)10(26-14(18)22-4)6-8(7)24-12(16)20-2/h7-10H,5-6H2,1-4H3. The van der Waals surface area contributed by atoms with Gasteiger partial charge in [0, 0.05) is 12.8 Å². The van der Waals surface area contributed by atoms with Gasteiger partial charge in [0.15, 0.2) is 0 Å². The second-order valence-electron chi connectivity index (χ2n) is 4.91. The minimum atomic E-state index is -1.06. The maximum Gasteiger partial charge on any atom is 0.508 e. The summed E-state index contributed by atoms with van der Waals surface area (Å²) < 4.78 is 37.7. The van der Waals surface area contributed by atoms with E-state index in [2.05, 4.69) is 18.9 Å². The fourth-order valence-corrected chi connectivity index (χ4v) is 2.25. The molecular weight excluding hydrogens is 360 g/mol. The summed E-state index contributed by atoms with van der Waals surface area (Å²) in [7, 11) is 4.36. The van der Waals surface area contributed by atoms with Gasteiger partial charge in [-0.25, -0.2) is 19.2 Å². The van der Waals surface area contributed by atoms with Gasteiger partial charge in [-0.05, 0) is 0 Å². The molecule has 4 unspecified atom stereocenters. The summed E-state index contributed by atoms with van der Waals surface area (Å²) >= 11 is 0. The second-order valence-corrected chi connectivity index (χ2v) is 4.91. The molecular formula is C14H20O12. The molecule has 0 heterocycles. The Morgan fingerprint density at radius 3 is 0.846 bits per heavy atom. The summed E-state index contributed by atoms with van der Waals surface area (Å²) in [6, 6.07) is 0. The zero-order chi connectivity index (χ0) is 19.7. The van der Waals surface area contributed by atoms with Crippen LogP contribution in [-0.2, 0) is 37.9 Å². The second kappa shape index (κ2) is 10.2. The molecule has 0 amide bonds. The van der Waals surface area contributed by atoms with Crippen LogP contribution in [0.25, 0.3) is 0 Å². The molecule has 0 saturated heterocycles. The Labute approximate surface area is 148 Å². The Morgan fingerprint density at radius 2 is 0.692 bits per heavy atom. The lowest BCUT2D eigenvalue weighted by Crippen LogP contribution is -2.51. The van der Waals surface area contributed by atoms with Gasteiger partial charge in [-0.1, -0.05) is 0 Å². The molecule has 0 radical (unpaired) electrons. The summed E-state index contributed by atoms with van der Waals surface area (Å²) in [6.07, 6.45) is -8.77. The Bertz CT molecular complexity index is 428. The van der Waals surface area contributed by atoms with Crippen molar-refractivity contribution in [2.75, 3.05) is 28.4 Å². The zero-order valence-electron chi connectivity index (χ0n) is 14.6. The molecule has 1 fully saturated rings. The Hall–Kier alpha value is -2.92. The van der Waals surface area contributed by atoms with Crippen molar-refractivity contribution in [2.45, 2.75) is 37.3 Å². The largest absolute Gasteiger partial charge is 0.508 e. The van der Waals surface area contributed by atoms with Crippen LogP contribution in [-0.4, -0.2) is 77.5 Å². The van der Waals surface area contributed by atoms with Gasteiger partial charge in [0.1, 0.15) is 24.4 Å². The molecule has 0 bridgehead atoms. The summed E-state index contributed by atoms with van der Waals surface area (Å²) in [5, 5.41) is 0. The number of carbonyl (C=O) groups excluding carboxylic acids is 4. The molecule has 0 aromatic rings. The molecule has 1 aliphatic carbocycles. The highest BCUT2D eigenvalue weighted by molar-refractivity contribution is 5.62. The van der Waals surface area contributed by atoms with Gasteiger partial charge < -0.3 is 37.9 Å². The van der Waals surface area contributed by atoms with E-state index in [1.807, 2.05) is 0 Å². The first-order chi connectivity index (χ1) is 12.3. The smallest absolute Gasteiger partial charge is 0.438 e. The Kier molecular flexibility index (Phi) is 8.25. The van der Waals surface area contributed by atoms with Crippen LogP contribution in [0.5, 0.6) is 0 Å². The van der Waals surface area contributed by atoms with Crippen LogP contribution in [0.4, 0.5) is 19.2 Å². The van der Waals surface area contributed by atoms with E-state index in [-0.39, 0.29) is 12.8 Å². The number of rotatable bonds is 4. The monoisotopic (exact) mass is 380 g/mol. The van der Waals surface area contributed by atoms with Gasteiger partial charge in [0.25, 0.3) is 0 Å². The van der Waals surface area contributed by atoms with E-state index >= 15 is 0 Å². The van der Waals surface area contributed by atoms with Gasteiger partial charge in [0.05, 0.1) is 28.4 Å². The Morgan fingerprint density at radius 1 is 0.500 bits per heavy atom. The summed E-state index contributed by atoms with van der Waals surface area (Å²) in [4.78, 5) is 45.7. The van der Waals surface area contributed by atoms with E-state index in [4.69, 9.17) is 18.9 Å². The first-order valence-electron chi connectivity index (χ1n) is 7.32. The minimum Gasteiger partial charge on any atom is -0.438 e. The van der Waals surface area contributed by atoms with E-state index in [1.165, 1.54) is 0 Å². The maximum atomic E-state index is 11.4. The van der Waals surface area contributed by atoms with Crippen LogP contribution in [0, 0.1) is 0 Å². The van der Waals surface area contributed by atoms with Gasteiger partial charge in [0.2, 0.25) is 0 Å². The first-order valence-corrected chi connectivity index (χ1v) is 7.32. The third-order valence-electron chi connectivity index (χ3n) is 3.42. The zero-order valence-corrected chi connectivity index (χ0v) is 14.6. The van der Waals surface area contributed by atoms with Crippen molar-refractivity contribution in [2.24, 2.45) is 0 Å². The lowest BCUT2D eigenvalue weighted by Gasteiger charge is -2.37. The van der Waals surface area contributed by atoms with E-state index < -0.39 is 49.0 Å². The van der Waals surface area contributed by atoms with Crippen molar-refractivity contribution in [3.05, 3.63) is 0 Å². The number of carbonyl (C=O) groups is 4. The lowest BCUT2D eigenvalue weighted by atomic mass is 9.89. The fourth-order valence-electron chi connectivity index (χ4n) is 2.25. The third-order valence-corrected chi connectivity index (χ3v) is 3.42. The Balaban J connectivity index is 3.00. The van der Waals surface area contributed by atoms with Gasteiger partial charge in [-0.15, -0.1) is 0 Å². The molecule has 0 aromatic heterocycles. The van der Waals surface area contributed by atoms with E-state index in [9.17, 15) is 19.2 Å². The van der Waals surface area contributed by atoms with Crippen molar-refractivity contribution in [3.63, 3.8) is 0 Å². The van der Waals surface area contributed by atoms with Crippen molar-refractivity contribution in [3.8, 4) is 0 Å². The molecule has 1 rings (SSSR count). The van der Waals surface area contributed by atoms with Gasteiger partial charge in [-0.3, -0.25) is 0 Å². The van der Waals surface area contributed by atoms with Crippen molar-refractivity contribution >= 4 is 24.6 Å². The molecule has 12 nitrogen and oxygen atoms in total. The fraction of sp³-hybridized carbons (Fsp3) is 0.714. The highest BCUT2D eigenvalue weighted by atomic mass is 16.8. The van der Waals surface area contributed by atoms with E-state index in [1.54, 1.807) is 0 Å². The SMILES string of the molecule is COC(=O)OC1CC(OC(=O)OC)C(OC(=O)OC)CC1OC(=O)OC. The minimum absolute atomic E-state index is 0.173. The van der Waals surface area contributed by atoms with Crippen LogP contribution in [0.1, 0.15) is 12.8 Å². The molecule has 26 heavy (non-hydrogen) atoms. The molecule has 0 N–H and O–H groups in total. The van der Waals surface area contributed by atoms with Crippen LogP contribution < -0.4 is 0 Å². The average molecular weight is 380 g/mol. The summed E-state index contributed by atoms with van der Waals surface area (Å²) in [6.45, 7) is 0. The quantitative estimate of drug-likeness (QED) is 0.513. The lowest BCUT2D eigenvalue weighted by molar-refractivity contribution is -0.138. The summed E-state index contributed by atoms with van der Waals surface area (Å²) in [5.41, 5.74) is 0. The maximum absolute atomic E-state index is 11.4. The van der Waals surface area contributed by atoms with E-state index in [0.717, 1.165) is 28.4 Å². The molecule has 0 spiro atoms. The molecule has 0 aliphatic heterocycles. The molecule has 12 heteroatoms. The number of methoxy groups -OCH3 is 4. The van der Waals surface area contributed by atoms with Crippen molar-refractivity contribution < 1.29 is 57.1 Å². The number of ether oxygens (including phenoxy) is 8. The van der Waals surface area contributed by atoms with Gasteiger partial charge in [-0.2, -0.15) is 0 Å². The normalized spacial score (nSPS) is 24.5. The molecule has 4 atom stereocenters. The predicted molar refractivity (Wildman–Crippen MR) is 78.3 cm³/mol. The molecule has 0 aromatic carbocycles. The van der Waals surface area contributed by atoms with Crippen molar-refractivity contribution in [1.82, 2.24) is 0 Å². The van der Waals surface area contributed by atoms with E-state index in [0.29, 0.717) is 0 Å². The molecule has 1 saturated carbocycles. The third kappa shape index (κ3) is 6.18. The van der Waals surface area contributed by atoms with Gasteiger partial charge >= 0.3 is 24.6 Å². The van der Waals surface area contributed by atoms with Crippen LogP contribution in [0.2, 0.25) is 0 Å². The number of hydrogen-bond acceptors (Lipinski definition) is 12.